The second kappa shape index (κ2) is 8.90. The lowest BCUT2D eigenvalue weighted by Gasteiger charge is -2.62. The lowest BCUT2D eigenvalue weighted by Crippen LogP contribution is -2.58. The molecule has 4 fully saturated rings. The molecular formula is C26H43NO5. The van der Waals surface area contributed by atoms with Crippen LogP contribution in [0, 0.1) is 46.3 Å². The van der Waals surface area contributed by atoms with Crippen LogP contribution in [0.5, 0.6) is 0 Å². The summed E-state index contributed by atoms with van der Waals surface area (Å²) in [7, 11) is 0. The molecule has 4 saturated carbocycles. The molecule has 32 heavy (non-hydrogen) atoms. The van der Waals surface area contributed by atoms with Gasteiger partial charge in [0.1, 0.15) is 6.54 Å². The highest BCUT2D eigenvalue weighted by molar-refractivity contribution is 5.81. The van der Waals surface area contributed by atoms with Crippen LogP contribution in [-0.4, -0.2) is 45.9 Å². The van der Waals surface area contributed by atoms with E-state index in [0.717, 1.165) is 44.9 Å². The first-order valence-electron chi connectivity index (χ1n) is 12.9. The quantitative estimate of drug-likeness (QED) is 0.496. The number of rotatable bonds is 6. The Morgan fingerprint density at radius 2 is 1.78 bits per heavy atom. The van der Waals surface area contributed by atoms with Gasteiger partial charge in [-0.25, -0.2) is 0 Å². The molecule has 6 heteroatoms. The molecular weight excluding hydrogens is 406 g/mol. The highest BCUT2D eigenvalue weighted by Crippen LogP contribution is 2.68. The van der Waals surface area contributed by atoms with Crippen molar-refractivity contribution in [3.05, 3.63) is 0 Å². The van der Waals surface area contributed by atoms with Gasteiger partial charge in [-0.05, 0) is 104 Å². The number of aliphatic hydroxyl groups excluding tert-OH is 2. The van der Waals surface area contributed by atoms with Gasteiger partial charge in [-0.3, -0.25) is 9.59 Å². The van der Waals surface area contributed by atoms with Gasteiger partial charge in [0.25, 0.3) is 0 Å². The van der Waals surface area contributed by atoms with Crippen molar-refractivity contribution in [2.24, 2.45) is 46.3 Å². The summed E-state index contributed by atoms with van der Waals surface area (Å²) in [4.78, 5) is 22.7. The Morgan fingerprint density at radius 1 is 1.03 bits per heavy atom. The minimum absolute atomic E-state index is 0.102. The molecule has 10 atom stereocenters. The molecule has 4 rings (SSSR count). The molecule has 4 aliphatic carbocycles. The molecule has 0 saturated heterocycles. The Hall–Kier alpha value is -1.14. The molecule has 0 aromatic rings. The fraction of sp³-hybridized carbons (Fsp3) is 0.923. The number of amides is 1. The van der Waals surface area contributed by atoms with Crippen LogP contribution in [-0.2, 0) is 9.59 Å². The maximum absolute atomic E-state index is 12.0. The fourth-order valence-electron chi connectivity index (χ4n) is 8.98. The maximum Gasteiger partial charge on any atom is 0.322 e. The molecule has 1 amide bonds. The number of carbonyl (C=O) groups excluding carboxylic acids is 1. The highest BCUT2D eigenvalue weighted by atomic mass is 16.4. The number of hydrogen-bond acceptors (Lipinski definition) is 4. The summed E-state index contributed by atoms with van der Waals surface area (Å²) in [5.74, 6) is 1.84. The zero-order chi connectivity index (χ0) is 23.3. The number of fused-ring (bicyclic) bond motifs is 5. The van der Waals surface area contributed by atoms with Gasteiger partial charge >= 0.3 is 5.97 Å². The molecule has 4 aliphatic rings. The Bertz CT molecular complexity index is 727. The normalized spacial score (nSPS) is 46.5. The molecule has 4 N–H and O–H groups in total. The number of carbonyl (C=O) groups is 2. The smallest absolute Gasteiger partial charge is 0.322 e. The van der Waals surface area contributed by atoms with Crippen molar-refractivity contribution in [1.29, 1.82) is 0 Å². The second-order valence-corrected chi connectivity index (χ2v) is 12.1. The predicted molar refractivity (Wildman–Crippen MR) is 122 cm³/mol. The summed E-state index contributed by atoms with van der Waals surface area (Å²) in [6.07, 6.45) is 9.12. The first kappa shape index (κ1) is 24.0. The molecule has 0 bridgehead atoms. The van der Waals surface area contributed by atoms with Gasteiger partial charge < -0.3 is 20.6 Å². The minimum Gasteiger partial charge on any atom is -0.480 e. The van der Waals surface area contributed by atoms with Crippen LogP contribution in [0.15, 0.2) is 0 Å². The van der Waals surface area contributed by atoms with Crippen LogP contribution < -0.4 is 5.32 Å². The second-order valence-electron chi connectivity index (χ2n) is 12.1. The predicted octanol–water partition coefficient (Wildman–Crippen LogP) is 3.59. The van der Waals surface area contributed by atoms with Gasteiger partial charge in [0, 0.05) is 6.42 Å². The maximum atomic E-state index is 12.0. The Morgan fingerprint density at radius 3 is 2.50 bits per heavy atom. The van der Waals surface area contributed by atoms with Crippen molar-refractivity contribution in [2.45, 2.75) is 97.2 Å². The van der Waals surface area contributed by atoms with E-state index in [9.17, 15) is 19.8 Å². The number of carboxylic acid groups (broad SMARTS) is 1. The van der Waals surface area contributed by atoms with Crippen LogP contribution in [0.2, 0.25) is 0 Å². The van der Waals surface area contributed by atoms with E-state index in [0.29, 0.717) is 41.9 Å². The zero-order valence-electron chi connectivity index (χ0n) is 20.1. The summed E-state index contributed by atoms with van der Waals surface area (Å²) in [5.41, 5.74) is 0.145. The Labute approximate surface area is 192 Å². The molecule has 0 spiro atoms. The molecule has 0 radical (unpaired) electrons. The number of aliphatic hydroxyl groups is 2. The van der Waals surface area contributed by atoms with E-state index < -0.39 is 5.97 Å². The fourth-order valence-corrected chi connectivity index (χ4v) is 8.98. The molecule has 0 aliphatic heterocycles. The van der Waals surface area contributed by atoms with Gasteiger partial charge in [-0.15, -0.1) is 0 Å². The number of carboxylic acids is 1. The molecule has 182 valence electrons. The summed E-state index contributed by atoms with van der Waals surface area (Å²) >= 11 is 0. The van der Waals surface area contributed by atoms with Gasteiger partial charge in [0.2, 0.25) is 5.91 Å². The number of hydrogen-bond donors (Lipinski definition) is 4. The van der Waals surface area contributed by atoms with Crippen molar-refractivity contribution < 1.29 is 24.9 Å². The summed E-state index contributed by atoms with van der Waals surface area (Å²) in [6, 6.07) is 0. The first-order valence-corrected chi connectivity index (χ1v) is 12.9. The molecule has 6 nitrogen and oxygen atoms in total. The van der Waals surface area contributed by atoms with E-state index in [1.165, 1.54) is 12.8 Å². The SMILES string of the molecule is C[C@H](CCC(=O)NCC(=O)O)[C@H]1CCC2[C@@H]3CC[C@@H]4C[C@H](O)CC[C@]4(C)[C@H]3C[C@H](O)[C@@]21C. The molecule has 0 aromatic carbocycles. The average molecular weight is 450 g/mol. The van der Waals surface area contributed by atoms with E-state index in [2.05, 4.69) is 26.1 Å². The van der Waals surface area contributed by atoms with E-state index >= 15 is 0 Å². The van der Waals surface area contributed by atoms with E-state index in [4.69, 9.17) is 5.11 Å². The van der Waals surface area contributed by atoms with Gasteiger partial charge in [-0.2, -0.15) is 0 Å². The lowest BCUT2D eigenvalue weighted by atomic mass is 9.43. The van der Waals surface area contributed by atoms with Crippen molar-refractivity contribution in [1.82, 2.24) is 5.32 Å². The van der Waals surface area contributed by atoms with Gasteiger partial charge in [-0.1, -0.05) is 20.8 Å². The first-order chi connectivity index (χ1) is 15.1. The third-order valence-corrected chi connectivity index (χ3v) is 10.8. The molecule has 0 aromatic heterocycles. The standard InChI is InChI=1S/C26H43NO5/c1-15(4-9-23(30)27-14-24(31)32)19-7-8-20-18-6-5-16-12-17(28)10-11-25(16,2)21(18)13-22(29)26(19,20)3/h15-22,28-29H,4-14H2,1-3H3,(H,27,30)(H,31,32)/t15-,16-,17-,18+,19-,20?,21+,22+,25+,26-/m1/s1. The van der Waals surface area contributed by atoms with Crippen LogP contribution in [0.4, 0.5) is 0 Å². The van der Waals surface area contributed by atoms with Crippen molar-refractivity contribution in [3.63, 3.8) is 0 Å². The minimum atomic E-state index is -1.02. The number of aliphatic carboxylic acids is 1. The zero-order valence-corrected chi connectivity index (χ0v) is 20.1. The van der Waals surface area contributed by atoms with Gasteiger partial charge in [0.15, 0.2) is 0 Å². The third kappa shape index (κ3) is 4.00. The summed E-state index contributed by atoms with van der Waals surface area (Å²) in [5, 5.41) is 33.0. The summed E-state index contributed by atoms with van der Waals surface area (Å²) < 4.78 is 0. The van der Waals surface area contributed by atoms with Crippen molar-refractivity contribution in [3.8, 4) is 0 Å². The number of nitrogens with one attached hydrogen (secondary N) is 1. The Kier molecular flexibility index (Phi) is 6.68. The van der Waals surface area contributed by atoms with Crippen LogP contribution >= 0.6 is 0 Å². The lowest BCUT2D eigenvalue weighted by molar-refractivity contribution is -0.175. The average Bonchev–Trinajstić information content (AvgIpc) is 3.10. The molecule has 1 unspecified atom stereocenters. The Balaban J connectivity index is 1.45. The van der Waals surface area contributed by atoms with Gasteiger partial charge in [0.05, 0.1) is 12.2 Å². The van der Waals surface area contributed by atoms with Crippen molar-refractivity contribution >= 4 is 11.9 Å². The van der Waals surface area contributed by atoms with Crippen LogP contribution in [0.3, 0.4) is 0 Å². The van der Waals surface area contributed by atoms with Crippen LogP contribution in [0.1, 0.15) is 85.0 Å². The van der Waals surface area contributed by atoms with E-state index in [1.54, 1.807) is 0 Å². The summed E-state index contributed by atoms with van der Waals surface area (Å²) in [6.45, 7) is 6.65. The van der Waals surface area contributed by atoms with E-state index in [1.807, 2.05) is 0 Å². The topological polar surface area (TPSA) is 107 Å². The van der Waals surface area contributed by atoms with Crippen LogP contribution in [0.25, 0.3) is 0 Å². The van der Waals surface area contributed by atoms with Crippen molar-refractivity contribution in [2.75, 3.05) is 6.54 Å². The third-order valence-electron chi connectivity index (χ3n) is 10.8. The molecule has 0 heterocycles. The monoisotopic (exact) mass is 449 g/mol. The van der Waals surface area contributed by atoms with E-state index in [-0.39, 0.29) is 35.5 Å². The highest BCUT2D eigenvalue weighted by Gasteiger charge is 2.63. The largest absolute Gasteiger partial charge is 0.480 e.